The predicted octanol–water partition coefficient (Wildman–Crippen LogP) is 2.23. The van der Waals surface area contributed by atoms with Crippen LogP contribution in [0.15, 0.2) is 16.8 Å². The first-order valence-corrected chi connectivity index (χ1v) is 7.89. The molecule has 1 atom stereocenters. The van der Waals surface area contributed by atoms with E-state index in [0.29, 0.717) is 0 Å². The Balaban J connectivity index is 1.91. The maximum atomic E-state index is 12.0. The molecule has 1 aliphatic heterocycles. The van der Waals surface area contributed by atoms with Crippen molar-refractivity contribution >= 4 is 35.0 Å². The molecule has 18 heavy (non-hydrogen) atoms. The lowest BCUT2D eigenvalue weighted by atomic mass is 10.1. The van der Waals surface area contributed by atoms with Gasteiger partial charge in [-0.05, 0) is 35.2 Å². The minimum absolute atomic E-state index is 0.0112. The Morgan fingerprint density at radius 1 is 1.50 bits per heavy atom. The summed E-state index contributed by atoms with van der Waals surface area (Å²) in [6, 6.07) is 2.25. The van der Waals surface area contributed by atoms with Crippen molar-refractivity contribution in [3.05, 3.63) is 22.4 Å². The molecule has 0 spiro atoms. The first kappa shape index (κ1) is 13.4. The number of thioether (sulfide) groups is 1. The topological polar surface area (TPSA) is 57.6 Å². The van der Waals surface area contributed by atoms with Gasteiger partial charge in [0.05, 0.1) is 17.5 Å². The summed E-state index contributed by atoms with van der Waals surface area (Å²) >= 11 is 2.81. The fourth-order valence-electron chi connectivity index (χ4n) is 2.18. The van der Waals surface area contributed by atoms with Crippen molar-refractivity contribution in [2.75, 3.05) is 18.1 Å². The molecule has 6 heteroatoms. The van der Waals surface area contributed by atoms with E-state index in [0.717, 1.165) is 19.4 Å². The largest absolute Gasteiger partial charge is 0.481 e. The first-order valence-electron chi connectivity index (χ1n) is 5.79. The summed E-state index contributed by atoms with van der Waals surface area (Å²) in [6.07, 6.45) is 2.03. The van der Waals surface area contributed by atoms with Crippen LogP contribution in [0, 0.1) is 0 Å². The van der Waals surface area contributed by atoms with E-state index in [4.69, 9.17) is 5.11 Å². The number of amides is 1. The molecule has 0 saturated carbocycles. The van der Waals surface area contributed by atoms with E-state index >= 15 is 0 Å². The molecule has 1 fully saturated rings. The fourth-order valence-corrected chi connectivity index (χ4v) is 3.51. The van der Waals surface area contributed by atoms with Gasteiger partial charge in [-0.1, -0.05) is 0 Å². The van der Waals surface area contributed by atoms with Gasteiger partial charge in [-0.15, -0.1) is 11.8 Å². The molecule has 0 radical (unpaired) electrons. The third-order valence-corrected chi connectivity index (χ3v) is 4.56. The molecule has 2 rings (SSSR count). The second-order valence-electron chi connectivity index (χ2n) is 4.19. The average Bonchev–Trinajstić information content (AvgIpc) is 2.99. The normalized spacial score (nSPS) is 19.1. The Hall–Kier alpha value is -1.01. The van der Waals surface area contributed by atoms with Gasteiger partial charge in [0.1, 0.15) is 0 Å². The molecule has 1 N–H and O–H groups in total. The number of hydrogen-bond donors (Lipinski definition) is 1. The molecular weight excluding hydrogens is 270 g/mol. The van der Waals surface area contributed by atoms with Crippen LogP contribution in [0.2, 0.25) is 0 Å². The van der Waals surface area contributed by atoms with Crippen LogP contribution in [-0.4, -0.2) is 39.9 Å². The minimum Gasteiger partial charge on any atom is -0.481 e. The Labute approximate surface area is 114 Å². The number of hydrogen-bond acceptors (Lipinski definition) is 4. The van der Waals surface area contributed by atoms with Crippen LogP contribution < -0.4 is 0 Å². The van der Waals surface area contributed by atoms with Gasteiger partial charge in [0, 0.05) is 6.54 Å². The number of thiophene rings is 1. The molecule has 1 aliphatic rings. The fraction of sp³-hybridized carbons (Fsp3) is 0.500. The summed E-state index contributed by atoms with van der Waals surface area (Å²) in [4.78, 5) is 24.3. The number of carbonyl (C=O) groups is 2. The van der Waals surface area contributed by atoms with Crippen LogP contribution in [0.25, 0.3) is 0 Å². The standard InChI is InChI=1S/C12H15NO3S2/c14-11(7-18-8-12(15)16)13-4-1-2-10(13)9-3-5-17-6-9/h3,5-6,10H,1-2,4,7-8H2,(H,15,16). The molecule has 1 unspecified atom stereocenters. The Morgan fingerprint density at radius 2 is 2.33 bits per heavy atom. The molecule has 1 amide bonds. The van der Waals surface area contributed by atoms with Crippen LogP contribution in [0.5, 0.6) is 0 Å². The number of nitrogens with zero attached hydrogens (tertiary/aromatic N) is 1. The number of carbonyl (C=O) groups excluding carboxylic acids is 1. The third kappa shape index (κ3) is 3.26. The van der Waals surface area contributed by atoms with E-state index in [1.807, 2.05) is 10.3 Å². The van der Waals surface area contributed by atoms with Crippen LogP contribution in [0.1, 0.15) is 24.4 Å². The number of rotatable bonds is 5. The van der Waals surface area contributed by atoms with E-state index in [1.165, 1.54) is 17.3 Å². The summed E-state index contributed by atoms with van der Waals surface area (Å²) in [7, 11) is 0. The molecule has 1 aromatic rings. The molecule has 1 aromatic heterocycles. The van der Waals surface area contributed by atoms with Crippen molar-refractivity contribution in [2.24, 2.45) is 0 Å². The average molecular weight is 285 g/mol. The quantitative estimate of drug-likeness (QED) is 0.901. The lowest BCUT2D eigenvalue weighted by Crippen LogP contribution is -2.32. The zero-order valence-electron chi connectivity index (χ0n) is 9.87. The highest BCUT2D eigenvalue weighted by molar-refractivity contribution is 8.00. The summed E-state index contributed by atoms with van der Waals surface area (Å²) in [5.74, 6) is -0.575. The van der Waals surface area contributed by atoms with Gasteiger partial charge in [0.2, 0.25) is 5.91 Å². The molecule has 1 saturated heterocycles. The Morgan fingerprint density at radius 3 is 3.00 bits per heavy atom. The second kappa shape index (κ2) is 6.24. The van der Waals surface area contributed by atoms with Gasteiger partial charge in [0.15, 0.2) is 0 Å². The van der Waals surface area contributed by atoms with Gasteiger partial charge in [0.25, 0.3) is 0 Å². The van der Waals surface area contributed by atoms with Gasteiger partial charge in [-0.25, -0.2) is 0 Å². The molecular formula is C12H15NO3S2. The van der Waals surface area contributed by atoms with E-state index in [-0.39, 0.29) is 23.5 Å². The maximum absolute atomic E-state index is 12.0. The molecule has 98 valence electrons. The molecule has 0 aliphatic carbocycles. The highest BCUT2D eigenvalue weighted by Crippen LogP contribution is 2.33. The highest BCUT2D eigenvalue weighted by atomic mass is 32.2. The van der Waals surface area contributed by atoms with Crippen molar-refractivity contribution in [1.29, 1.82) is 0 Å². The van der Waals surface area contributed by atoms with Gasteiger partial charge >= 0.3 is 5.97 Å². The summed E-state index contributed by atoms with van der Waals surface area (Å²) in [6.45, 7) is 0.785. The second-order valence-corrected chi connectivity index (χ2v) is 5.95. The number of likely N-dealkylation sites (tertiary alicyclic amines) is 1. The molecule has 2 heterocycles. The Bertz CT molecular complexity index is 419. The van der Waals surface area contributed by atoms with E-state index in [2.05, 4.69) is 11.4 Å². The van der Waals surface area contributed by atoms with Crippen molar-refractivity contribution in [2.45, 2.75) is 18.9 Å². The minimum atomic E-state index is -0.872. The van der Waals surface area contributed by atoms with Crippen molar-refractivity contribution in [3.63, 3.8) is 0 Å². The van der Waals surface area contributed by atoms with Crippen LogP contribution in [-0.2, 0) is 9.59 Å². The zero-order valence-corrected chi connectivity index (χ0v) is 11.5. The van der Waals surface area contributed by atoms with E-state index in [1.54, 1.807) is 11.3 Å². The third-order valence-electron chi connectivity index (χ3n) is 2.95. The monoisotopic (exact) mass is 285 g/mol. The highest BCUT2D eigenvalue weighted by Gasteiger charge is 2.29. The summed E-state index contributed by atoms with van der Waals surface area (Å²) in [5.41, 5.74) is 1.20. The van der Waals surface area contributed by atoms with Gasteiger partial charge in [-0.2, -0.15) is 11.3 Å². The predicted molar refractivity (Wildman–Crippen MR) is 73.0 cm³/mol. The number of carboxylic acid groups (broad SMARTS) is 1. The number of aliphatic carboxylic acids is 1. The van der Waals surface area contributed by atoms with Crippen molar-refractivity contribution in [3.8, 4) is 0 Å². The van der Waals surface area contributed by atoms with E-state index < -0.39 is 5.97 Å². The van der Waals surface area contributed by atoms with Crippen LogP contribution in [0.4, 0.5) is 0 Å². The van der Waals surface area contributed by atoms with Crippen molar-refractivity contribution in [1.82, 2.24) is 4.90 Å². The smallest absolute Gasteiger partial charge is 0.313 e. The SMILES string of the molecule is O=C(O)CSCC(=O)N1CCCC1c1ccsc1. The molecule has 4 nitrogen and oxygen atoms in total. The first-order chi connectivity index (χ1) is 8.68. The summed E-state index contributed by atoms with van der Waals surface area (Å²) < 4.78 is 0. The molecule has 0 aromatic carbocycles. The lowest BCUT2D eigenvalue weighted by Gasteiger charge is -2.24. The zero-order chi connectivity index (χ0) is 13.0. The van der Waals surface area contributed by atoms with Gasteiger partial charge in [-0.3, -0.25) is 9.59 Å². The maximum Gasteiger partial charge on any atom is 0.313 e. The van der Waals surface area contributed by atoms with Crippen molar-refractivity contribution < 1.29 is 14.7 Å². The van der Waals surface area contributed by atoms with Crippen LogP contribution >= 0.6 is 23.1 Å². The lowest BCUT2D eigenvalue weighted by molar-refractivity contribution is -0.133. The van der Waals surface area contributed by atoms with Gasteiger partial charge < -0.3 is 10.0 Å². The van der Waals surface area contributed by atoms with E-state index in [9.17, 15) is 9.59 Å². The Kier molecular flexibility index (Phi) is 4.66. The molecule has 0 bridgehead atoms. The number of carboxylic acids is 1. The van der Waals surface area contributed by atoms with Crippen LogP contribution in [0.3, 0.4) is 0 Å². The summed E-state index contributed by atoms with van der Waals surface area (Å²) in [5, 5.41) is 12.7.